The smallest absolute Gasteiger partial charge is 0.238 e. The van der Waals surface area contributed by atoms with Gasteiger partial charge in [0, 0.05) is 0 Å². The van der Waals surface area contributed by atoms with E-state index in [0.717, 1.165) is 16.6 Å². The maximum Gasteiger partial charge on any atom is 0.238 e. The number of halogens is 1. The molecule has 0 aliphatic rings. The quantitative estimate of drug-likeness (QED) is 0.594. The number of rotatable bonds is 3. The molecule has 0 spiro atoms. The van der Waals surface area contributed by atoms with Crippen LogP contribution in [0, 0.1) is 12.7 Å². The van der Waals surface area contributed by atoms with Gasteiger partial charge in [0.2, 0.25) is 5.88 Å². The van der Waals surface area contributed by atoms with Gasteiger partial charge < -0.3 is 15.5 Å². The van der Waals surface area contributed by atoms with E-state index in [1.54, 1.807) is 12.1 Å². The van der Waals surface area contributed by atoms with Crippen LogP contribution >= 0.6 is 0 Å². The number of nitrogens with one attached hydrogen (secondary N) is 1. The minimum absolute atomic E-state index is 0.0627. The molecule has 0 amide bonds. The van der Waals surface area contributed by atoms with E-state index in [4.69, 9.17) is 10.5 Å². The molecule has 124 valence electrons. The number of imidazole rings is 1. The fraction of sp³-hybridized carbons (Fsp3) is 0.0556. The number of nitrogens with zero attached hydrogens (tertiary/aromatic N) is 3. The van der Waals surface area contributed by atoms with Gasteiger partial charge in [-0.25, -0.2) is 19.3 Å². The van der Waals surface area contributed by atoms with E-state index in [1.807, 2.05) is 25.1 Å². The first kappa shape index (κ1) is 15.1. The zero-order valence-electron chi connectivity index (χ0n) is 13.3. The van der Waals surface area contributed by atoms with Crippen LogP contribution < -0.4 is 10.5 Å². The van der Waals surface area contributed by atoms with Gasteiger partial charge in [0.15, 0.2) is 28.9 Å². The molecular formula is C18H14FN5O. The molecule has 0 radical (unpaired) electrons. The predicted molar refractivity (Wildman–Crippen MR) is 92.7 cm³/mol. The van der Waals surface area contributed by atoms with Crippen molar-refractivity contribution in [3.8, 4) is 23.1 Å². The topological polar surface area (TPSA) is 89.7 Å². The van der Waals surface area contributed by atoms with Crippen LogP contribution in [0.1, 0.15) is 5.56 Å². The molecule has 0 unspecified atom stereocenters. The van der Waals surface area contributed by atoms with Crippen molar-refractivity contribution in [3.05, 3.63) is 60.0 Å². The van der Waals surface area contributed by atoms with Crippen molar-refractivity contribution in [2.75, 3.05) is 5.73 Å². The van der Waals surface area contributed by atoms with Crippen LogP contribution in [0.15, 0.2) is 48.7 Å². The molecule has 3 N–H and O–H groups in total. The second kappa shape index (κ2) is 5.86. The van der Waals surface area contributed by atoms with Crippen LogP contribution in [-0.2, 0) is 0 Å². The summed E-state index contributed by atoms with van der Waals surface area (Å²) in [5, 5.41) is 0. The number of H-pyrrole nitrogens is 1. The van der Waals surface area contributed by atoms with Gasteiger partial charge in [-0.1, -0.05) is 18.2 Å². The normalized spacial score (nSPS) is 11.0. The summed E-state index contributed by atoms with van der Waals surface area (Å²) in [5.41, 5.74) is 9.06. The summed E-state index contributed by atoms with van der Waals surface area (Å²) in [6, 6.07) is 11.9. The molecule has 0 bridgehead atoms. The molecule has 0 aliphatic heterocycles. The van der Waals surface area contributed by atoms with E-state index in [0.29, 0.717) is 11.5 Å². The molecule has 0 saturated carbocycles. The average Bonchev–Trinajstić information content (AvgIpc) is 3.01. The fourth-order valence-electron chi connectivity index (χ4n) is 2.48. The van der Waals surface area contributed by atoms with E-state index >= 15 is 0 Å². The Labute approximate surface area is 142 Å². The van der Waals surface area contributed by atoms with E-state index in [9.17, 15) is 4.39 Å². The summed E-state index contributed by atoms with van der Waals surface area (Å²) in [4.78, 5) is 16.1. The summed E-state index contributed by atoms with van der Waals surface area (Å²) in [7, 11) is 0. The lowest BCUT2D eigenvalue weighted by molar-refractivity contribution is 0.426. The highest BCUT2D eigenvalue weighted by molar-refractivity contribution is 5.81. The summed E-state index contributed by atoms with van der Waals surface area (Å²) in [6.07, 6.45) is 1.35. The molecule has 0 atom stereocenters. The molecule has 0 fully saturated rings. The van der Waals surface area contributed by atoms with E-state index < -0.39 is 5.82 Å². The molecule has 0 saturated heterocycles. The summed E-state index contributed by atoms with van der Waals surface area (Å²) in [6.45, 7) is 2.00. The maximum absolute atomic E-state index is 13.7. The second-order valence-electron chi connectivity index (χ2n) is 5.58. The SMILES string of the molecule is Cc1ccc2nc(-c3nc(Oc4ccccc4F)cnc3N)[nH]c2c1. The maximum atomic E-state index is 13.7. The molecule has 4 aromatic rings. The van der Waals surface area contributed by atoms with Gasteiger partial charge in [-0.15, -0.1) is 0 Å². The number of aryl methyl sites for hydroxylation is 1. The first-order valence-corrected chi connectivity index (χ1v) is 7.62. The average molecular weight is 335 g/mol. The first-order valence-electron chi connectivity index (χ1n) is 7.62. The van der Waals surface area contributed by atoms with Crippen LogP contribution in [0.25, 0.3) is 22.6 Å². The second-order valence-corrected chi connectivity index (χ2v) is 5.58. The minimum atomic E-state index is -0.484. The number of para-hydroxylation sites is 1. The zero-order valence-corrected chi connectivity index (χ0v) is 13.3. The van der Waals surface area contributed by atoms with E-state index in [-0.39, 0.29) is 17.4 Å². The number of benzene rings is 2. The number of fused-ring (bicyclic) bond motifs is 1. The Morgan fingerprint density at radius 2 is 1.96 bits per heavy atom. The van der Waals surface area contributed by atoms with Gasteiger partial charge in [0.05, 0.1) is 17.2 Å². The Hall–Kier alpha value is -3.48. The lowest BCUT2D eigenvalue weighted by Gasteiger charge is -2.07. The minimum Gasteiger partial charge on any atom is -0.434 e. The van der Waals surface area contributed by atoms with E-state index in [1.165, 1.54) is 18.3 Å². The van der Waals surface area contributed by atoms with Crippen molar-refractivity contribution in [2.45, 2.75) is 6.92 Å². The van der Waals surface area contributed by atoms with Gasteiger partial charge in [0.25, 0.3) is 0 Å². The largest absolute Gasteiger partial charge is 0.434 e. The molecule has 7 heteroatoms. The number of aromatic amines is 1. The Morgan fingerprint density at radius 3 is 2.80 bits per heavy atom. The van der Waals surface area contributed by atoms with Gasteiger partial charge >= 0.3 is 0 Å². The molecule has 25 heavy (non-hydrogen) atoms. The Kier molecular flexibility index (Phi) is 3.53. The lowest BCUT2D eigenvalue weighted by Crippen LogP contribution is -2.00. The van der Waals surface area contributed by atoms with Crippen LogP contribution in [0.5, 0.6) is 11.6 Å². The molecule has 2 aromatic heterocycles. The highest BCUT2D eigenvalue weighted by Crippen LogP contribution is 2.27. The van der Waals surface area contributed by atoms with Crippen molar-refractivity contribution < 1.29 is 9.13 Å². The number of aromatic nitrogens is 4. The monoisotopic (exact) mass is 335 g/mol. The van der Waals surface area contributed by atoms with Crippen molar-refractivity contribution in [2.24, 2.45) is 0 Å². The van der Waals surface area contributed by atoms with Crippen LogP contribution in [0.2, 0.25) is 0 Å². The van der Waals surface area contributed by atoms with Crippen molar-refractivity contribution >= 4 is 16.9 Å². The van der Waals surface area contributed by atoms with Crippen molar-refractivity contribution in [1.29, 1.82) is 0 Å². The fourth-order valence-corrected chi connectivity index (χ4v) is 2.48. The third kappa shape index (κ3) is 2.87. The highest BCUT2D eigenvalue weighted by Gasteiger charge is 2.14. The third-order valence-electron chi connectivity index (χ3n) is 3.69. The van der Waals surface area contributed by atoms with Crippen LogP contribution in [-0.4, -0.2) is 19.9 Å². The van der Waals surface area contributed by atoms with Crippen LogP contribution in [0.3, 0.4) is 0 Å². The summed E-state index contributed by atoms with van der Waals surface area (Å²) in [5.74, 6) is 0.391. The summed E-state index contributed by atoms with van der Waals surface area (Å²) < 4.78 is 19.2. The number of anilines is 1. The highest BCUT2D eigenvalue weighted by atomic mass is 19.1. The van der Waals surface area contributed by atoms with Gasteiger partial charge in [0.1, 0.15) is 0 Å². The number of hydrogen-bond donors (Lipinski definition) is 2. The Balaban J connectivity index is 1.75. The Bertz CT molecular complexity index is 1080. The third-order valence-corrected chi connectivity index (χ3v) is 3.69. The summed E-state index contributed by atoms with van der Waals surface area (Å²) >= 11 is 0. The molecule has 0 aliphatic carbocycles. The number of hydrogen-bond acceptors (Lipinski definition) is 5. The van der Waals surface area contributed by atoms with E-state index in [2.05, 4.69) is 19.9 Å². The molecule has 2 aromatic carbocycles. The number of ether oxygens (including phenoxy) is 1. The predicted octanol–water partition coefficient (Wildman–Crippen LogP) is 3.84. The zero-order chi connectivity index (χ0) is 17.4. The van der Waals surface area contributed by atoms with Gasteiger partial charge in [-0.05, 0) is 36.8 Å². The molecular weight excluding hydrogens is 321 g/mol. The van der Waals surface area contributed by atoms with Crippen LogP contribution in [0.4, 0.5) is 10.2 Å². The Morgan fingerprint density at radius 1 is 1.12 bits per heavy atom. The molecule has 2 heterocycles. The lowest BCUT2D eigenvalue weighted by atomic mass is 10.2. The molecule has 6 nitrogen and oxygen atoms in total. The molecule has 4 rings (SSSR count). The standard InChI is InChI=1S/C18H14FN5O/c1-10-6-7-12-13(8-10)23-18(22-12)16-17(20)21-9-15(24-16)25-14-5-3-2-4-11(14)19/h2-9H,1H3,(H2,20,21)(H,22,23). The van der Waals surface area contributed by atoms with Gasteiger partial charge in [-0.2, -0.15) is 0 Å². The first-order chi connectivity index (χ1) is 12.1. The van der Waals surface area contributed by atoms with Gasteiger partial charge in [-0.3, -0.25) is 0 Å². The number of nitrogen functional groups attached to an aromatic ring is 1. The van der Waals surface area contributed by atoms with Crippen molar-refractivity contribution in [1.82, 2.24) is 19.9 Å². The van der Waals surface area contributed by atoms with Crippen molar-refractivity contribution in [3.63, 3.8) is 0 Å². The number of nitrogens with two attached hydrogens (primary N) is 1.